The summed E-state index contributed by atoms with van der Waals surface area (Å²) >= 11 is 0. The lowest BCUT2D eigenvalue weighted by Gasteiger charge is -2.32. The first-order chi connectivity index (χ1) is 8.70. The largest absolute Gasteiger partial charge is 0.0710 e. The molecule has 2 saturated carbocycles. The molecule has 2 aliphatic carbocycles. The van der Waals surface area contributed by atoms with Gasteiger partial charge in [0.05, 0.1) is 0 Å². The molecular formula is C18H32. The van der Waals surface area contributed by atoms with Crippen molar-refractivity contribution in [3.8, 4) is 0 Å². The van der Waals surface area contributed by atoms with E-state index in [0.717, 1.165) is 17.8 Å². The number of hydrogen-bond acceptors (Lipinski definition) is 0. The van der Waals surface area contributed by atoms with Gasteiger partial charge in [0.2, 0.25) is 0 Å². The Labute approximate surface area is 114 Å². The zero-order chi connectivity index (χ0) is 13.0. The lowest BCUT2D eigenvalue weighted by Crippen LogP contribution is -2.19. The minimum atomic E-state index is 0.840. The average molecular weight is 248 g/mol. The molecule has 2 rings (SSSR count). The first-order valence-electron chi connectivity index (χ1n) is 8.37. The molecule has 0 spiro atoms. The highest BCUT2D eigenvalue weighted by molar-refractivity contribution is 5.16. The van der Waals surface area contributed by atoms with Crippen molar-refractivity contribution in [2.45, 2.75) is 85.0 Å². The Bertz CT molecular complexity index is 274. The van der Waals surface area contributed by atoms with Gasteiger partial charge in [-0.05, 0) is 57.3 Å². The fourth-order valence-electron chi connectivity index (χ4n) is 4.20. The quantitative estimate of drug-likeness (QED) is 0.528. The number of allylic oxidation sites excluding steroid dienone is 2. The monoisotopic (exact) mass is 248 g/mol. The van der Waals surface area contributed by atoms with Crippen molar-refractivity contribution in [2.24, 2.45) is 17.8 Å². The van der Waals surface area contributed by atoms with Crippen LogP contribution in [-0.2, 0) is 0 Å². The van der Waals surface area contributed by atoms with E-state index in [4.69, 9.17) is 0 Å². The lowest BCUT2D eigenvalue weighted by molar-refractivity contribution is 0.286. The minimum Gasteiger partial charge on any atom is -0.0710 e. The van der Waals surface area contributed by atoms with Crippen LogP contribution in [0.2, 0.25) is 0 Å². The van der Waals surface area contributed by atoms with Crippen LogP contribution in [-0.4, -0.2) is 0 Å². The molecule has 0 saturated heterocycles. The molecule has 2 fully saturated rings. The summed E-state index contributed by atoms with van der Waals surface area (Å²) in [6.45, 7) is 7.37. The summed E-state index contributed by atoms with van der Waals surface area (Å²) < 4.78 is 0. The van der Waals surface area contributed by atoms with Crippen LogP contribution in [0.25, 0.3) is 0 Å². The van der Waals surface area contributed by atoms with Gasteiger partial charge in [0.1, 0.15) is 0 Å². The van der Waals surface area contributed by atoms with Crippen molar-refractivity contribution in [1.82, 2.24) is 0 Å². The standard InChI is InChI=1S/C18H32/c1-14(15(2)17-10-6-4-7-11-17)16(3)18-12-8-5-9-13-18/h15,17-18H,4-13H2,1-3H3. The van der Waals surface area contributed by atoms with Crippen molar-refractivity contribution in [2.75, 3.05) is 0 Å². The normalized spacial score (nSPS) is 26.8. The van der Waals surface area contributed by atoms with E-state index in [1.807, 2.05) is 0 Å². The molecule has 0 bridgehead atoms. The molecule has 0 N–H and O–H groups in total. The van der Waals surface area contributed by atoms with Crippen molar-refractivity contribution < 1.29 is 0 Å². The van der Waals surface area contributed by atoms with Crippen LogP contribution in [0.4, 0.5) is 0 Å². The fourth-order valence-corrected chi connectivity index (χ4v) is 4.20. The van der Waals surface area contributed by atoms with Crippen LogP contribution in [0.3, 0.4) is 0 Å². The second-order valence-electron chi connectivity index (χ2n) is 6.89. The van der Waals surface area contributed by atoms with Crippen molar-refractivity contribution in [1.29, 1.82) is 0 Å². The molecule has 0 aliphatic heterocycles. The molecule has 0 nitrogen and oxygen atoms in total. The van der Waals surface area contributed by atoms with E-state index in [1.54, 1.807) is 11.1 Å². The molecule has 0 heteroatoms. The number of rotatable bonds is 3. The SMILES string of the molecule is CC(=C(C)C(C)C1CCCCC1)C1CCCCC1. The third kappa shape index (κ3) is 3.39. The van der Waals surface area contributed by atoms with E-state index in [0.29, 0.717) is 0 Å². The van der Waals surface area contributed by atoms with Crippen LogP contribution in [0, 0.1) is 17.8 Å². The van der Waals surface area contributed by atoms with E-state index >= 15 is 0 Å². The van der Waals surface area contributed by atoms with Gasteiger partial charge in [-0.2, -0.15) is 0 Å². The molecule has 1 unspecified atom stereocenters. The van der Waals surface area contributed by atoms with Gasteiger partial charge < -0.3 is 0 Å². The van der Waals surface area contributed by atoms with E-state index < -0.39 is 0 Å². The van der Waals surface area contributed by atoms with Gasteiger partial charge in [0.25, 0.3) is 0 Å². The maximum absolute atomic E-state index is 2.50. The maximum Gasteiger partial charge on any atom is -0.0203 e. The summed E-state index contributed by atoms with van der Waals surface area (Å²) in [5.74, 6) is 2.74. The maximum atomic E-state index is 2.50. The zero-order valence-corrected chi connectivity index (χ0v) is 12.8. The smallest absolute Gasteiger partial charge is 0.0203 e. The van der Waals surface area contributed by atoms with E-state index in [2.05, 4.69) is 20.8 Å². The Morgan fingerprint density at radius 2 is 1.28 bits per heavy atom. The second-order valence-corrected chi connectivity index (χ2v) is 6.89. The van der Waals surface area contributed by atoms with Gasteiger partial charge >= 0.3 is 0 Å². The summed E-state index contributed by atoms with van der Waals surface area (Å²) in [7, 11) is 0. The van der Waals surface area contributed by atoms with Crippen molar-refractivity contribution >= 4 is 0 Å². The molecule has 18 heavy (non-hydrogen) atoms. The molecule has 0 aromatic rings. The highest BCUT2D eigenvalue weighted by atomic mass is 14.3. The highest BCUT2D eigenvalue weighted by Gasteiger charge is 2.24. The molecule has 1 atom stereocenters. The summed E-state index contributed by atoms with van der Waals surface area (Å²) in [4.78, 5) is 0. The van der Waals surface area contributed by atoms with E-state index in [9.17, 15) is 0 Å². The highest BCUT2D eigenvalue weighted by Crippen LogP contribution is 2.38. The summed E-state index contributed by atoms with van der Waals surface area (Å²) in [5, 5.41) is 0. The van der Waals surface area contributed by atoms with Crippen LogP contribution in [0.5, 0.6) is 0 Å². The fraction of sp³-hybridized carbons (Fsp3) is 0.889. The molecule has 0 heterocycles. The van der Waals surface area contributed by atoms with Crippen LogP contribution >= 0.6 is 0 Å². The second kappa shape index (κ2) is 6.78. The van der Waals surface area contributed by atoms with Crippen molar-refractivity contribution in [3.63, 3.8) is 0 Å². The third-order valence-electron chi connectivity index (χ3n) is 5.88. The lowest BCUT2D eigenvalue weighted by atomic mass is 9.74. The van der Waals surface area contributed by atoms with Gasteiger partial charge in [0, 0.05) is 0 Å². The van der Waals surface area contributed by atoms with Crippen molar-refractivity contribution in [3.05, 3.63) is 11.1 Å². The van der Waals surface area contributed by atoms with Gasteiger partial charge in [-0.15, -0.1) is 0 Å². The topological polar surface area (TPSA) is 0 Å². The molecule has 2 aliphatic rings. The minimum absolute atomic E-state index is 0.840. The first kappa shape index (κ1) is 14.2. The van der Waals surface area contributed by atoms with Crippen LogP contribution in [0.15, 0.2) is 11.1 Å². The first-order valence-corrected chi connectivity index (χ1v) is 8.37. The summed E-state index contributed by atoms with van der Waals surface area (Å²) in [5.41, 5.74) is 3.50. The Morgan fingerprint density at radius 3 is 1.83 bits per heavy atom. The van der Waals surface area contributed by atoms with Crippen LogP contribution < -0.4 is 0 Å². The predicted molar refractivity (Wildman–Crippen MR) is 80.7 cm³/mol. The van der Waals surface area contributed by atoms with Gasteiger partial charge in [-0.1, -0.05) is 56.6 Å². The molecular weight excluding hydrogens is 216 g/mol. The molecule has 0 amide bonds. The number of hydrogen-bond donors (Lipinski definition) is 0. The van der Waals surface area contributed by atoms with Gasteiger partial charge in [0.15, 0.2) is 0 Å². The van der Waals surface area contributed by atoms with E-state index in [-0.39, 0.29) is 0 Å². The van der Waals surface area contributed by atoms with Crippen LogP contribution in [0.1, 0.15) is 85.0 Å². The Hall–Kier alpha value is -0.260. The van der Waals surface area contributed by atoms with Gasteiger partial charge in [-0.3, -0.25) is 0 Å². The average Bonchev–Trinajstić information content (AvgIpc) is 2.47. The third-order valence-corrected chi connectivity index (χ3v) is 5.88. The Morgan fingerprint density at radius 1 is 0.778 bits per heavy atom. The summed E-state index contributed by atoms with van der Waals surface area (Å²) in [6, 6.07) is 0. The molecule has 0 aromatic heterocycles. The Kier molecular flexibility index (Phi) is 5.33. The molecule has 0 aromatic carbocycles. The predicted octanol–water partition coefficient (Wildman–Crippen LogP) is 6.12. The van der Waals surface area contributed by atoms with Gasteiger partial charge in [-0.25, -0.2) is 0 Å². The Balaban J connectivity index is 1.99. The molecule has 104 valence electrons. The molecule has 0 radical (unpaired) electrons. The summed E-state index contributed by atoms with van der Waals surface area (Å²) in [6.07, 6.45) is 14.7. The zero-order valence-electron chi connectivity index (χ0n) is 12.8. The van der Waals surface area contributed by atoms with E-state index in [1.165, 1.54) is 64.2 Å².